The summed E-state index contributed by atoms with van der Waals surface area (Å²) in [6.07, 6.45) is 6.25. The van der Waals surface area contributed by atoms with Gasteiger partial charge in [-0.25, -0.2) is 0 Å². The minimum atomic E-state index is -0.195. The van der Waals surface area contributed by atoms with Crippen molar-refractivity contribution in [3.05, 3.63) is 0 Å². The molecule has 0 N–H and O–H groups in total. The highest BCUT2D eigenvalue weighted by Crippen LogP contribution is 2.12. The van der Waals surface area contributed by atoms with Crippen LogP contribution in [0.4, 0.5) is 0 Å². The predicted molar refractivity (Wildman–Crippen MR) is 60.9 cm³/mol. The number of carbonyl (C=O) groups excluding carboxylic acids is 2. The molecule has 0 radical (unpaired) electrons. The molecule has 1 rings (SSSR count). The van der Waals surface area contributed by atoms with Crippen LogP contribution in [0.3, 0.4) is 0 Å². The zero-order valence-electron chi connectivity index (χ0n) is 10.0. The third-order valence-corrected chi connectivity index (χ3v) is 2.96. The molecule has 0 aromatic carbocycles. The number of methoxy groups -OCH3 is 1. The summed E-state index contributed by atoms with van der Waals surface area (Å²) >= 11 is 0. The van der Waals surface area contributed by atoms with E-state index in [0.717, 1.165) is 19.4 Å². The van der Waals surface area contributed by atoms with Gasteiger partial charge in [0, 0.05) is 25.9 Å². The average molecular weight is 227 g/mol. The fraction of sp³-hybridized carbons (Fsp3) is 0.833. The van der Waals surface area contributed by atoms with Gasteiger partial charge in [-0.15, -0.1) is 0 Å². The molecule has 4 heteroatoms. The van der Waals surface area contributed by atoms with Crippen molar-refractivity contribution < 1.29 is 14.3 Å². The molecule has 1 amide bonds. The lowest BCUT2D eigenvalue weighted by atomic mass is 10.1. The second-order valence-corrected chi connectivity index (χ2v) is 4.22. The molecule has 0 aromatic heterocycles. The van der Waals surface area contributed by atoms with Gasteiger partial charge in [-0.2, -0.15) is 0 Å². The van der Waals surface area contributed by atoms with Crippen LogP contribution in [0.1, 0.15) is 44.9 Å². The maximum absolute atomic E-state index is 11.7. The largest absolute Gasteiger partial charge is 0.469 e. The highest BCUT2D eigenvalue weighted by atomic mass is 16.5. The minimum absolute atomic E-state index is 0.195. The summed E-state index contributed by atoms with van der Waals surface area (Å²) in [4.78, 5) is 24.5. The highest BCUT2D eigenvalue weighted by molar-refractivity contribution is 5.76. The molecule has 0 bridgehead atoms. The van der Waals surface area contributed by atoms with E-state index in [1.54, 1.807) is 0 Å². The van der Waals surface area contributed by atoms with Crippen molar-refractivity contribution in [1.82, 2.24) is 4.90 Å². The van der Waals surface area contributed by atoms with Crippen molar-refractivity contribution >= 4 is 11.9 Å². The Hall–Kier alpha value is -1.06. The molecule has 1 saturated heterocycles. The van der Waals surface area contributed by atoms with Gasteiger partial charge in [0.2, 0.25) is 5.91 Å². The number of rotatable bonds is 4. The highest BCUT2D eigenvalue weighted by Gasteiger charge is 2.15. The van der Waals surface area contributed by atoms with E-state index >= 15 is 0 Å². The maximum atomic E-state index is 11.7. The third kappa shape index (κ3) is 4.64. The smallest absolute Gasteiger partial charge is 0.305 e. The zero-order valence-corrected chi connectivity index (χ0v) is 10.0. The fourth-order valence-corrected chi connectivity index (χ4v) is 1.97. The molecule has 1 fully saturated rings. The van der Waals surface area contributed by atoms with Crippen LogP contribution in [0.25, 0.3) is 0 Å². The van der Waals surface area contributed by atoms with E-state index in [2.05, 4.69) is 4.74 Å². The molecule has 1 aliphatic rings. The van der Waals surface area contributed by atoms with Crippen LogP contribution >= 0.6 is 0 Å². The first-order valence-electron chi connectivity index (χ1n) is 6.08. The van der Waals surface area contributed by atoms with E-state index in [1.807, 2.05) is 4.90 Å². The van der Waals surface area contributed by atoms with Gasteiger partial charge in [-0.05, 0) is 19.3 Å². The van der Waals surface area contributed by atoms with Gasteiger partial charge in [0.25, 0.3) is 0 Å². The summed E-state index contributed by atoms with van der Waals surface area (Å²) in [5.41, 5.74) is 0. The second kappa shape index (κ2) is 7.25. The number of likely N-dealkylation sites (tertiary alicyclic amines) is 1. The normalized spacial score (nSPS) is 17.8. The predicted octanol–water partition coefficient (Wildman–Crippen LogP) is 1.73. The quantitative estimate of drug-likeness (QED) is 0.687. The summed E-state index contributed by atoms with van der Waals surface area (Å²) in [7, 11) is 1.39. The molecule has 0 aliphatic carbocycles. The van der Waals surface area contributed by atoms with Crippen LogP contribution in [0, 0.1) is 0 Å². The first-order chi connectivity index (χ1) is 7.74. The van der Waals surface area contributed by atoms with E-state index in [4.69, 9.17) is 0 Å². The van der Waals surface area contributed by atoms with Gasteiger partial charge in [-0.3, -0.25) is 9.59 Å². The molecule has 4 nitrogen and oxygen atoms in total. The summed E-state index contributed by atoms with van der Waals surface area (Å²) in [5, 5.41) is 0. The Morgan fingerprint density at radius 3 is 2.81 bits per heavy atom. The lowest BCUT2D eigenvalue weighted by Gasteiger charge is -2.24. The molecule has 92 valence electrons. The number of nitrogens with zero attached hydrogens (tertiary/aromatic N) is 1. The molecular weight excluding hydrogens is 206 g/mol. The number of carbonyl (C=O) groups is 2. The number of hydrogen-bond acceptors (Lipinski definition) is 3. The lowest BCUT2D eigenvalue weighted by molar-refractivity contribution is -0.141. The molecule has 0 unspecified atom stereocenters. The molecule has 1 heterocycles. The van der Waals surface area contributed by atoms with Gasteiger partial charge < -0.3 is 9.64 Å². The molecule has 0 atom stereocenters. The lowest BCUT2D eigenvalue weighted by Crippen LogP contribution is -2.34. The number of amides is 1. The van der Waals surface area contributed by atoms with Crippen LogP contribution in [0.2, 0.25) is 0 Å². The third-order valence-electron chi connectivity index (χ3n) is 2.96. The standard InChI is InChI=1S/C12H21NO3/c1-16-12(15)8-6-10-13-9-5-3-2-4-7-11(13)14/h2-10H2,1H3. The Balaban J connectivity index is 2.26. The second-order valence-electron chi connectivity index (χ2n) is 4.22. The first kappa shape index (κ1) is 13.0. The molecule has 0 aromatic rings. The Morgan fingerprint density at radius 1 is 1.31 bits per heavy atom. The van der Waals surface area contributed by atoms with Gasteiger partial charge in [0.05, 0.1) is 7.11 Å². The van der Waals surface area contributed by atoms with Crippen molar-refractivity contribution in [3.63, 3.8) is 0 Å². The van der Waals surface area contributed by atoms with Gasteiger partial charge >= 0.3 is 5.97 Å². The topological polar surface area (TPSA) is 46.6 Å². The van der Waals surface area contributed by atoms with Crippen LogP contribution in [0.15, 0.2) is 0 Å². The molecular formula is C12H21NO3. The van der Waals surface area contributed by atoms with Crippen molar-refractivity contribution in [1.29, 1.82) is 0 Å². The maximum Gasteiger partial charge on any atom is 0.305 e. The number of ether oxygens (including phenoxy) is 1. The fourth-order valence-electron chi connectivity index (χ4n) is 1.97. The van der Waals surface area contributed by atoms with E-state index in [9.17, 15) is 9.59 Å². The van der Waals surface area contributed by atoms with Gasteiger partial charge in [0.1, 0.15) is 0 Å². The molecule has 0 spiro atoms. The Bertz CT molecular complexity index is 240. The van der Waals surface area contributed by atoms with Gasteiger partial charge in [-0.1, -0.05) is 12.8 Å². The Morgan fingerprint density at radius 2 is 2.06 bits per heavy atom. The number of esters is 1. The van der Waals surface area contributed by atoms with Crippen molar-refractivity contribution in [2.75, 3.05) is 20.2 Å². The van der Waals surface area contributed by atoms with Crippen LogP contribution in [0.5, 0.6) is 0 Å². The minimum Gasteiger partial charge on any atom is -0.469 e. The summed E-state index contributed by atoms with van der Waals surface area (Å²) < 4.78 is 4.57. The number of hydrogen-bond donors (Lipinski definition) is 0. The molecule has 1 aliphatic heterocycles. The van der Waals surface area contributed by atoms with Crippen molar-refractivity contribution in [2.45, 2.75) is 44.9 Å². The monoisotopic (exact) mass is 227 g/mol. The average Bonchev–Trinajstić information content (AvgIpc) is 2.27. The summed E-state index contributed by atoms with van der Waals surface area (Å²) in [6.45, 7) is 1.54. The summed E-state index contributed by atoms with van der Waals surface area (Å²) in [5.74, 6) is 0.0454. The van der Waals surface area contributed by atoms with E-state index in [-0.39, 0.29) is 11.9 Å². The van der Waals surface area contributed by atoms with Crippen LogP contribution in [-0.2, 0) is 14.3 Å². The molecule has 16 heavy (non-hydrogen) atoms. The van der Waals surface area contributed by atoms with E-state index in [1.165, 1.54) is 20.0 Å². The zero-order chi connectivity index (χ0) is 11.8. The van der Waals surface area contributed by atoms with Crippen molar-refractivity contribution in [3.8, 4) is 0 Å². The summed E-state index contributed by atoms with van der Waals surface area (Å²) in [6, 6.07) is 0. The Labute approximate surface area is 96.9 Å². The first-order valence-corrected chi connectivity index (χ1v) is 6.08. The van der Waals surface area contributed by atoms with E-state index < -0.39 is 0 Å². The molecule has 0 saturated carbocycles. The Kier molecular flexibility index (Phi) is 5.90. The van der Waals surface area contributed by atoms with Crippen LogP contribution < -0.4 is 0 Å². The van der Waals surface area contributed by atoms with Gasteiger partial charge in [0.15, 0.2) is 0 Å². The van der Waals surface area contributed by atoms with E-state index in [0.29, 0.717) is 25.8 Å². The SMILES string of the molecule is COC(=O)CCCN1CCCCCCC1=O. The van der Waals surface area contributed by atoms with Crippen LogP contribution in [-0.4, -0.2) is 37.0 Å². The van der Waals surface area contributed by atoms with Crippen molar-refractivity contribution in [2.24, 2.45) is 0 Å².